The van der Waals surface area contributed by atoms with Crippen molar-refractivity contribution in [2.45, 2.75) is 71.1 Å². The van der Waals surface area contributed by atoms with Gasteiger partial charge in [-0.05, 0) is 31.1 Å². The number of aliphatic hydroxyl groups excluding tert-OH is 1. The molecule has 10 heteroatoms. The molecule has 1 aliphatic rings. The molecule has 3 amide bonds. The van der Waals surface area contributed by atoms with Gasteiger partial charge in [0.1, 0.15) is 24.2 Å². The van der Waals surface area contributed by atoms with E-state index in [2.05, 4.69) is 10.6 Å². The zero-order valence-corrected chi connectivity index (χ0v) is 17.6. The summed E-state index contributed by atoms with van der Waals surface area (Å²) in [6.45, 7) is 7.03. The van der Waals surface area contributed by atoms with Gasteiger partial charge in [-0.3, -0.25) is 14.4 Å². The fraction of sp³-hybridized carbons (Fsp3) is 0.789. The van der Waals surface area contributed by atoms with E-state index in [1.807, 2.05) is 13.8 Å². The minimum Gasteiger partial charge on any atom is -0.480 e. The lowest BCUT2D eigenvalue weighted by atomic mass is 9.99. The molecule has 0 spiro atoms. The van der Waals surface area contributed by atoms with Gasteiger partial charge in [0.05, 0.1) is 6.61 Å². The van der Waals surface area contributed by atoms with Gasteiger partial charge in [-0.25, -0.2) is 4.79 Å². The van der Waals surface area contributed by atoms with Crippen molar-refractivity contribution in [1.82, 2.24) is 15.5 Å². The Labute approximate surface area is 171 Å². The molecule has 1 rings (SSSR count). The van der Waals surface area contributed by atoms with Crippen LogP contribution in [0.5, 0.6) is 0 Å². The zero-order valence-electron chi connectivity index (χ0n) is 17.6. The van der Waals surface area contributed by atoms with Crippen LogP contribution in [0.25, 0.3) is 0 Å². The van der Waals surface area contributed by atoms with Crippen LogP contribution in [0.1, 0.15) is 47.0 Å². The molecule has 0 bridgehead atoms. The van der Waals surface area contributed by atoms with E-state index < -0.39 is 54.5 Å². The normalized spacial score (nSPS) is 19.7. The fourth-order valence-electron chi connectivity index (χ4n) is 3.32. The molecule has 1 saturated heterocycles. The summed E-state index contributed by atoms with van der Waals surface area (Å²) in [7, 11) is 0. The smallest absolute Gasteiger partial charge is 0.326 e. The van der Waals surface area contributed by atoms with Crippen molar-refractivity contribution in [3.05, 3.63) is 0 Å². The molecule has 6 N–H and O–H groups in total. The number of aliphatic hydroxyl groups is 1. The molecule has 166 valence electrons. The number of carbonyl (C=O) groups is 4. The summed E-state index contributed by atoms with van der Waals surface area (Å²) in [6.07, 6.45) is 1.31. The van der Waals surface area contributed by atoms with Crippen molar-refractivity contribution in [2.24, 2.45) is 17.6 Å². The van der Waals surface area contributed by atoms with Crippen molar-refractivity contribution in [3.8, 4) is 0 Å². The Kier molecular flexibility index (Phi) is 9.51. The molecular formula is C19H34N4O6. The van der Waals surface area contributed by atoms with Crippen molar-refractivity contribution in [3.63, 3.8) is 0 Å². The Balaban J connectivity index is 2.97. The third kappa shape index (κ3) is 6.97. The molecule has 0 aromatic rings. The minimum atomic E-state index is -1.15. The number of hydrogen-bond acceptors (Lipinski definition) is 6. The first-order valence-corrected chi connectivity index (χ1v) is 10.00. The van der Waals surface area contributed by atoms with Gasteiger partial charge in [0.15, 0.2) is 0 Å². The van der Waals surface area contributed by atoms with E-state index in [1.54, 1.807) is 13.8 Å². The molecule has 29 heavy (non-hydrogen) atoms. The fourth-order valence-corrected chi connectivity index (χ4v) is 3.32. The quantitative estimate of drug-likeness (QED) is 0.308. The zero-order chi connectivity index (χ0) is 22.3. The highest BCUT2D eigenvalue weighted by atomic mass is 16.4. The van der Waals surface area contributed by atoms with Crippen LogP contribution < -0.4 is 16.4 Å². The van der Waals surface area contributed by atoms with Crippen molar-refractivity contribution >= 4 is 23.7 Å². The van der Waals surface area contributed by atoms with E-state index >= 15 is 0 Å². The minimum absolute atomic E-state index is 0.0741. The topological polar surface area (TPSA) is 162 Å². The van der Waals surface area contributed by atoms with Crippen LogP contribution in [0, 0.1) is 11.8 Å². The Morgan fingerprint density at radius 2 is 1.72 bits per heavy atom. The van der Waals surface area contributed by atoms with Crippen molar-refractivity contribution < 1.29 is 29.4 Å². The summed E-state index contributed by atoms with van der Waals surface area (Å²) in [5.41, 5.74) is 5.50. The second-order valence-electron chi connectivity index (χ2n) is 8.24. The molecular weight excluding hydrogens is 380 g/mol. The molecule has 0 radical (unpaired) electrons. The maximum absolute atomic E-state index is 13.0. The van der Waals surface area contributed by atoms with Gasteiger partial charge >= 0.3 is 5.97 Å². The summed E-state index contributed by atoms with van der Waals surface area (Å²) in [5, 5.41) is 23.6. The number of carboxylic acids is 1. The molecule has 1 fully saturated rings. The van der Waals surface area contributed by atoms with Gasteiger partial charge in [-0.15, -0.1) is 0 Å². The Hall–Kier alpha value is -2.20. The summed E-state index contributed by atoms with van der Waals surface area (Å²) in [6, 6.07) is -3.89. The lowest BCUT2D eigenvalue weighted by Crippen LogP contribution is -2.59. The van der Waals surface area contributed by atoms with Crippen LogP contribution >= 0.6 is 0 Å². The van der Waals surface area contributed by atoms with Gasteiger partial charge in [-0.1, -0.05) is 27.7 Å². The van der Waals surface area contributed by atoms with Crippen LogP contribution in [0.4, 0.5) is 0 Å². The molecule has 1 aliphatic heterocycles. The lowest BCUT2D eigenvalue weighted by Gasteiger charge is -2.30. The molecule has 0 aromatic carbocycles. The van der Waals surface area contributed by atoms with E-state index in [-0.39, 0.29) is 11.8 Å². The highest BCUT2D eigenvalue weighted by Crippen LogP contribution is 2.20. The number of rotatable bonds is 10. The number of likely N-dealkylation sites (tertiary alicyclic amines) is 1. The second kappa shape index (κ2) is 11.1. The number of aliphatic carboxylic acids is 1. The summed E-state index contributed by atoms with van der Waals surface area (Å²) >= 11 is 0. The van der Waals surface area contributed by atoms with Gasteiger partial charge in [0.2, 0.25) is 17.7 Å². The van der Waals surface area contributed by atoms with E-state index in [0.717, 1.165) is 0 Å². The van der Waals surface area contributed by atoms with Crippen LogP contribution in [0.2, 0.25) is 0 Å². The standard InChI is InChI=1S/C19H34N4O6/c1-10(2)8-13(18(27)23-7-5-6-14(23)19(28)29)21-17(26)15(11(3)4)22-16(25)12(20)9-24/h10-15,24H,5-9,20H2,1-4H3,(H,21,26)(H,22,25)(H,28,29). The van der Waals surface area contributed by atoms with Gasteiger partial charge < -0.3 is 31.5 Å². The number of amides is 3. The van der Waals surface area contributed by atoms with E-state index in [4.69, 9.17) is 10.8 Å². The average Bonchev–Trinajstić information content (AvgIpc) is 3.13. The number of nitrogens with one attached hydrogen (secondary N) is 2. The van der Waals surface area contributed by atoms with E-state index in [1.165, 1.54) is 4.90 Å². The first-order valence-electron chi connectivity index (χ1n) is 10.00. The second-order valence-corrected chi connectivity index (χ2v) is 8.24. The van der Waals surface area contributed by atoms with Gasteiger partial charge in [-0.2, -0.15) is 0 Å². The Morgan fingerprint density at radius 3 is 2.21 bits per heavy atom. The number of carbonyl (C=O) groups excluding carboxylic acids is 3. The first-order chi connectivity index (χ1) is 13.5. The largest absolute Gasteiger partial charge is 0.480 e. The highest BCUT2D eigenvalue weighted by molar-refractivity contribution is 5.94. The molecule has 4 unspecified atom stereocenters. The Bertz CT molecular complexity index is 610. The van der Waals surface area contributed by atoms with Crippen LogP contribution in [0.3, 0.4) is 0 Å². The molecule has 4 atom stereocenters. The number of hydrogen-bond donors (Lipinski definition) is 5. The summed E-state index contributed by atoms with van der Waals surface area (Å²) in [4.78, 5) is 50.6. The Morgan fingerprint density at radius 1 is 1.10 bits per heavy atom. The van der Waals surface area contributed by atoms with E-state index in [9.17, 15) is 24.3 Å². The third-order valence-electron chi connectivity index (χ3n) is 4.92. The predicted molar refractivity (Wildman–Crippen MR) is 106 cm³/mol. The molecule has 0 aromatic heterocycles. The van der Waals surface area contributed by atoms with Gasteiger partial charge in [0.25, 0.3) is 0 Å². The lowest BCUT2D eigenvalue weighted by molar-refractivity contribution is -0.149. The molecule has 1 heterocycles. The average molecular weight is 415 g/mol. The van der Waals surface area contributed by atoms with Crippen LogP contribution in [0.15, 0.2) is 0 Å². The molecule has 10 nitrogen and oxygen atoms in total. The van der Waals surface area contributed by atoms with Crippen LogP contribution in [-0.4, -0.2) is 76.1 Å². The van der Waals surface area contributed by atoms with E-state index in [0.29, 0.717) is 25.8 Å². The number of carboxylic acid groups (broad SMARTS) is 1. The summed E-state index contributed by atoms with van der Waals surface area (Å²) in [5.74, 6) is -2.93. The number of nitrogens with two attached hydrogens (primary N) is 1. The number of nitrogens with zero attached hydrogens (tertiary/aromatic N) is 1. The predicted octanol–water partition coefficient (Wildman–Crippen LogP) is -0.947. The molecule has 0 saturated carbocycles. The van der Waals surface area contributed by atoms with Crippen LogP contribution in [-0.2, 0) is 19.2 Å². The monoisotopic (exact) mass is 414 g/mol. The van der Waals surface area contributed by atoms with Crippen molar-refractivity contribution in [2.75, 3.05) is 13.2 Å². The summed E-state index contributed by atoms with van der Waals surface area (Å²) < 4.78 is 0. The first kappa shape index (κ1) is 24.8. The van der Waals surface area contributed by atoms with Crippen molar-refractivity contribution in [1.29, 1.82) is 0 Å². The maximum Gasteiger partial charge on any atom is 0.326 e. The maximum atomic E-state index is 13.0. The highest BCUT2D eigenvalue weighted by Gasteiger charge is 2.38. The SMILES string of the molecule is CC(C)CC(NC(=O)C(NC(=O)C(N)CO)C(C)C)C(=O)N1CCCC1C(=O)O. The molecule has 0 aliphatic carbocycles. The van der Waals surface area contributed by atoms with Gasteiger partial charge in [0, 0.05) is 6.54 Å². The third-order valence-corrected chi connectivity index (χ3v) is 4.92.